The number of carbonyl (C=O) groups excluding carboxylic acids is 3. The zero-order valence-corrected chi connectivity index (χ0v) is 26.0. The number of para-hydroxylation sites is 1. The third-order valence-electron chi connectivity index (χ3n) is 9.27. The Labute approximate surface area is 264 Å². The first-order valence-corrected chi connectivity index (χ1v) is 15.6. The van der Waals surface area contributed by atoms with E-state index in [2.05, 4.69) is 10.6 Å². The zero-order valence-electron chi connectivity index (χ0n) is 26.0. The minimum atomic E-state index is -1.15. The molecule has 236 valence electrons. The van der Waals surface area contributed by atoms with Gasteiger partial charge in [-0.15, -0.1) is 0 Å². The van der Waals surface area contributed by atoms with Gasteiger partial charge in [0.05, 0.1) is 24.0 Å². The Morgan fingerprint density at radius 2 is 1.53 bits per heavy atom. The number of nitrogens with one attached hydrogen (secondary N) is 2. The summed E-state index contributed by atoms with van der Waals surface area (Å²) in [7, 11) is 1.54. The third kappa shape index (κ3) is 6.30. The predicted octanol–water partition coefficient (Wildman–Crippen LogP) is 4.51. The fourth-order valence-electron chi connectivity index (χ4n) is 6.82. The van der Waals surface area contributed by atoms with Crippen molar-refractivity contribution < 1.29 is 29.0 Å². The molecular formula is C36H41N3O6. The normalized spacial score (nSPS) is 20.5. The molecule has 45 heavy (non-hydrogen) atoms. The SMILES string of the molecule is COc1ccccc1C(=O)NC1CCN(C(=O)[C@H]2CC[C@@](C(=O)N[C@@H](C(=O)O)C(C)C)(c3ccccc3)c3ccccc32)CC1. The van der Waals surface area contributed by atoms with Crippen molar-refractivity contribution in [3.05, 3.63) is 101 Å². The van der Waals surface area contributed by atoms with Crippen molar-refractivity contribution in [3.63, 3.8) is 0 Å². The fourth-order valence-corrected chi connectivity index (χ4v) is 6.82. The van der Waals surface area contributed by atoms with Crippen LogP contribution >= 0.6 is 0 Å². The van der Waals surface area contributed by atoms with E-state index < -0.39 is 23.3 Å². The quantitative estimate of drug-likeness (QED) is 0.327. The van der Waals surface area contributed by atoms with Gasteiger partial charge in [-0.3, -0.25) is 14.4 Å². The molecule has 3 N–H and O–H groups in total. The van der Waals surface area contributed by atoms with Crippen molar-refractivity contribution in [2.45, 2.75) is 62.9 Å². The lowest BCUT2D eigenvalue weighted by atomic mass is 9.62. The molecule has 3 aromatic carbocycles. The molecule has 1 aliphatic heterocycles. The van der Waals surface area contributed by atoms with Crippen molar-refractivity contribution in [1.29, 1.82) is 0 Å². The maximum Gasteiger partial charge on any atom is 0.326 e. The van der Waals surface area contributed by atoms with Gasteiger partial charge in [0.2, 0.25) is 11.8 Å². The molecule has 0 bridgehead atoms. The Balaban J connectivity index is 1.36. The molecule has 1 saturated heterocycles. The monoisotopic (exact) mass is 611 g/mol. The molecule has 1 fully saturated rings. The number of carbonyl (C=O) groups is 4. The van der Waals surface area contributed by atoms with Gasteiger partial charge >= 0.3 is 5.97 Å². The van der Waals surface area contributed by atoms with Gasteiger partial charge in [0, 0.05) is 19.1 Å². The summed E-state index contributed by atoms with van der Waals surface area (Å²) in [6, 6.07) is 23.0. The number of amides is 3. The number of carboxylic acids is 1. The molecule has 3 atom stereocenters. The van der Waals surface area contributed by atoms with Crippen LogP contribution in [0.1, 0.15) is 72.5 Å². The van der Waals surface area contributed by atoms with Crippen LogP contribution in [-0.4, -0.2) is 66.0 Å². The van der Waals surface area contributed by atoms with Crippen LogP contribution in [0.3, 0.4) is 0 Å². The Morgan fingerprint density at radius 3 is 2.20 bits per heavy atom. The largest absolute Gasteiger partial charge is 0.496 e. The average molecular weight is 612 g/mol. The van der Waals surface area contributed by atoms with E-state index in [1.54, 1.807) is 32.0 Å². The van der Waals surface area contributed by atoms with Crippen molar-refractivity contribution in [3.8, 4) is 5.75 Å². The number of piperidine rings is 1. The van der Waals surface area contributed by atoms with Crippen LogP contribution in [0.25, 0.3) is 0 Å². The number of ether oxygens (including phenoxy) is 1. The van der Waals surface area contributed by atoms with Crippen molar-refractivity contribution in [2.24, 2.45) is 5.92 Å². The van der Waals surface area contributed by atoms with Gasteiger partial charge in [-0.2, -0.15) is 0 Å². The maximum absolute atomic E-state index is 14.2. The van der Waals surface area contributed by atoms with Crippen LogP contribution in [0.2, 0.25) is 0 Å². The first-order chi connectivity index (χ1) is 21.7. The minimum absolute atomic E-state index is 0.00428. The molecule has 5 rings (SSSR count). The average Bonchev–Trinajstić information content (AvgIpc) is 3.06. The Hall–Kier alpha value is -4.66. The molecule has 0 unspecified atom stereocenters. The Morgan fingerprint density at radius 1 is 0.889 bits per heavy atom. The van der Waals surface area contributed by atoms with Gasteiger partial charge in [-0.1, -0.05) is 80.6 Å². The van der Waals surface area contributed by atoms with E-state index in [1.165, 1.54) is 7.11 Å². The van der Waals surface area contributed by atoms with Gasteiger partial charge < -0.3 is 25.4 Å². The molecule has 0 spiro atoms. The van der Waals surface area contributed by atoms with Crippen LogP contribution in [0.4, 0.5) is 0 Å². The van der Waals surface area contributed by atoms with Crippen molar-refractivity contribution >= 4 is 23.7 Å². The highest BCUT2D eigenvalue weighted by atomic mass is 16.5. The highest BCUT2D eigenvalue weighted by molar-refractivity contribution is 5.98. The van der Waals surface area contributed by atoms with E-state index >= 15 is 0 Å². The molecule has 0 saturated carbocycles. The Kier molecular flexibility index (Phi) is 9.56. The van der Waals surface area contributed by atoms with Gasteiger partial charge in [0.15, 0.2) is 0 Å². The van der Waals surface area contributed by atoms with E-state index in [0.29, 0.717) is 50.1 Å². The molecule has 1 aliphatic carbocycles. The number of carboxylic acid groups (broad SMARTS) is 1. The minimum Gasteiger partial charge on any atom is -0.496 e. The molecule has 0 aromatic heterocycles. The van der Waals surface area contributed by atoms with E-state index in [9.17, 15) is 24.3 Å². The van der Waals surface area contributed by atoms with E-state index in [4.69, 9.17) is 4.74 Å². The summed E-state index contributed by atoms with van der Waals surface area (Å²) in [6.07, 6.45) is 2.04. The second kappa shape index (κ2) is 13.5. The maximum atomic E-state index is 14.2. The molecule has 2 aliphatic rings. The van der Waals surface area contributed by atoms with Gasteiger partial charge in [-0.25, -0.2) is 4.79 Å². The summed E-state index contributed by atoms with van der Waals surface area (Å²) in [5, 5.41) is 15.8. The number of methoxy groups -OCH3 is 1. The molecule has 3 amide bonds. The smallest absolute Gasteiger partial charge is 0.326 e. The third-order valence-corrected chi connectivity index (χ3v) is 9.27. The summed E-state index contributed by atoms with van der Waals surface area (Å²) >= 11 is 0. The molecule has 3 aromatic rings. The summed E-state index contributed by atoms with van der Waals surface area (Å²) in [6.45, 7) is 4.55. The first kappa shape index (κ1) is 31.8. The van der Waals surface area contributed by atoms with Crippen LogP contribution in [-0.2, 0) is 19.8 Å². The molecule has 0 radical (unpaired) electrons. The lowest BCUT2D eigenvalue weighted by Crippen LogP contribution is -2.55. The summed E-state index contributed by atoms with van der Waals surface area (Å²) in [4.78, 5) is 55.1. The standard InChI is InChI=1S/C36H41N3O6/c1-23(2)31(34(42)43)38-35(44)36(24-11-5-4-6-12-24)20-17-27(26-13-7-9-15-29(26)36)33(41)39-21-18-25(19-22-39)37-32(40)28-14-8-10-16-30(28)45-3/h4-16,23,25,27,31H,17-22H2,1-3H3,(H,37,40)(H,38,44)(H,42,43)/t27-,31+,36+/m0/s1. The number of hydrogen-bond donors (Lipinski definition) is 3. The molecular weight excluding hydrogens is 570 g/mol. The van der Waals surface area contributed by atoms with Crippen LogP contribution in [0, 0.1) is 5.92 Å². The first-order valence-electron chi connectivity index (χ1n) is 15.6. The van der Waals surface area contributed by atoms with Crippen molar-refractivity contribution in [2.75, 3.05) is 20.2 Å². The van der Waals surface area contributed by atoms with Crippen LogP contribution in [0.5, 0.6) is 5.75 Å². The molecule has 9 heteroatoms. The Bertz CT molecular complexity index is 1550. The van der Waals surface area contributed by atoms with Gasteiger partial charge in [0.25, 0.3) is 5.91 Å². The van der Waals surface area contributed by atoms with E-state index in [0.717, 1.165) is 16.7 Å². The molecule has 9 nitrogen and oxygen atoms in total. The lowest BCUT2D eigenvalue weighted by Gasteiger charge is -2.43. The summed E-state index contributed by atoms with van der Waals surface area (Å²) < 4.78 is 5.33. The number of benzene rings is 3. The summed E-state index contributed by atoms with van der Waals surface area (Å²) in [5.74, 6) is -1.88. The molecule has 1 heterocycles. The number of nitrogens with zero attached hydrogens (tertiary/aromatic N) is 1. The van der Waals surface area contributed by atoms with Gasteiger partial charge in [0.1, 0.15) is 11.8 Å². The van der Waals surface area contributed by atoms with Gasteiger partial charge in [-0.05, 0) is 60.4 Å². The van der Waals surface area contributed by atoms with Crippen LogP contribution < -0.4 is 15.4 Å². The van der Waals surface area contributed by atoms with Crippen LogP contribution in [0.15, 0.2) is 78.9 Å². The second-order valence-electron chi connectivity index (χ2n) is 12.3. The lowest BCUT2D eigenvalue weighted by molar-refractivity contribution is -0.144. The number of rotatable bonds is 9. The van der Waals surface area contributed by atoms with E-state index in [-0.39, 0.29) is 29.7 Å². The number of fused-ring (bicyclic) bond motifs is 1. The number of aliphatic carboxylic acids is 1. The zero-order chi connectivity index (χ0) is 32.1. The predicted molar refractivity (Wildman–Crippen MR) is 170 cm³/mol. The topological polar surface area (TPSA) is 125 Å². The van der Waals surface area contributed by atoms with Crippen molar-refractivity contribution in [1.82, 2.24) is 15.5 Å². The summed E-state index contributed by atoms with van der Waals surface area (Å²) in [5.41, 5.74) is 1.61. The number of hydrogen-bond acceptors (Lipinski definition) is 5. The number of likely N-dealkylation sites (tertiary alicyclic amines) is 1. The highest BCUT2D eigenvalue weighted by Crippen LogP contribution is 2.48. The fraction of sp³-hybridized carbons (Fsp3) is 0.389. The highest BCUT2D eigenvalue weighted by Gasteiger charge is 2.49. The van der Waals surface area contributed by atoms with E-state index in [1.807, 2.05) is 65.6 Å². The second-order valence-corrected chi connectivity index (χ2v) is 12.3.